The van der Waals surface area contributed by atoms with Crippen molar-refractivity contribution >= 4 is 54.9 Å². The Bertz CT molecular complexity index is 612. The van der Waals surface area contributed by atoms with Gasteiger partial charge in [-0.2, -0.15) is 0 Å². The molecule has 0 aliphatic heterocycles. The summed E-state index contributed by atoms with van der Waals surface area (Å²) in [4.78, 5) is 13.2. The van der Waals surface area contributed by atoms with E-state index in [2.05, 4.69) is 37.2 Å². The molecule has 0 saturated carbocycles. The predicted molar refractivity (Wildman–Crippen MR) is 85.2 cm³/mol. The fourth-order valence-electron chi connectivity index (χ4n) is 1.80. The molecule has 0 atom stereocenters. The maximum atomic E-state index is 11.3. The number of halogens is 2. The van der Waals surface area contributed by atoms with Crippen LogP contribution in [0.25, 0.3) is 0 Å². The zero-order chi connectivity index (χ0) is 14.0. The van der Waals surface area contributed by atoms with Crippen molar-refractivity contribution in [3.8, 4) is 0 Å². The lowest BCUT2D eigenvalue weighted by molar-refractivity contribution is 0.0697. The number of nitrogens with zero attached hydrogens (tertiary/aromatic N) is 1. The quantitative estimate of drug-likeness (QED) is 0.808. The van der Waals surface area contributed by atoms with E-state index in [0.29, 0.717) is 17.8 Å². The van der Waals surface area contributed by atoms with E-state index in [1.165, 1.54) is 0 Å². The highest BCUT2D eigenvalue weighted by Gasteiger charge is 2.14. The van der Waals surface area contributed by atoms with Gasteiger partial charge < -0.3 is 10.0 Å². The van der Waals surface area contributed by atoms with Crippen LogP contribution in [0, 0.1) is 0 Å². The van der Waals surface area contributed by atoms with Crippen LogP contribution < -0.4 is 4.90 Å². The number of rotatable bonds is 4. The first-order chi connectivity index (χ1) is 8.97. The van der Waals surface area contributed by atoms with E-state index in [4.69, 9.17) is 0 Å². The summed E-state index contributed by atoms with van der Waals surface area (Å²) in [5.74, 6) is -0.922. The molecule has 100 valence electrons. The number of anilines is 1. The molecule has 0 aliphatic carbocycles. The third-order valence-corrected chi connectivity index (χ3v) is 4.69. The predicted octanol–water partition coefficient (Wildman–Crippen LogP) is 4.61. The van der Waals surface area contributed by atoms with Crippen LogP contribution in [0.5, 0.6) is 0 Å². The highest BCUT2D eigenvalue weighted by Crippen LogP contribution is 2.27. The largest absolute Gasteiger partial charge is 0.478 e. The summed E-state index contributed by atoms with van der Waals surface area (Å²) in [6.07, 6.45) is 0. The third-order valence-electron chi connectivity index (χ3n) is 2.64. The van der Waals surface area contributed by atoms with Gasteiger partial charge in [0, 0.05) is 18.1 Å². The standard InChI is InChI=1S/C13H11Br2NO2S/c1-16(6-8-4-12(15)19-7-8)11-3-2-9(14)5-10(11)13(17)18/h2-5,7H,6H2,1H3,(H,17,18). The average Bonchev–Trinajstić information content (AvgIpc) is 2.74. The Balaban J connectivity index is 2.28. The number of hydrogen-bond acceptors (Lipinski definition) is 3. The summed E-state index contributed by atoms with van der Waals surface area (Å²) in [7, 11) is 1.89. The first kappa shape index (κ1) is 14.6. The normalized spacial score (nSPS) is 10.5. The molecule has 0 bridgehead atoms. The molecule has 0 spiro atoms. The van der Waals surface area contributed by atoms with Gasteiger partial charge in [-0.25, -0.2) is 4.79 Å². The molecule has 19 heavy (non-hydrogen) atoms. The Morgan fingerprint density at radius 3 is 2.68 bits per heavy atom. The molecule has 1 aromatic heterocycles. The van der Waals surface area contributed by atoms with E-state index in [9.17, 15) is 9.90 Å². The van der Waals surface area contributed by atoms with Crippen LogP contribution in [-0.2, 0) is 6.54 Å². The van der Waals surface area contributed by atoms with Gasteiger partial charge in [-0.05, 0) is 51.1 Å². The molecule has 0 aliphatic rings. The Morgan fingerprint density at radius 2 is 2.11 bits per heavy atom. The van der Waals surface area contributed by atoms with Crippen LogP contribution in [0.2, 0.25) is 0 Å². The Labute approximate surface area is 132 Å². The molecule has 6 heteroatoms. The van der Waals surface area contributed by atoms with Gasteiger partial charge in [0.05, 0.1) is 15.0 Å². The minimum Gasteiger partial charge on any atom is -0.478 e. The minimum atomic E-state index is -0.922. The number of carboxylic acid groups (broad SMARTS) is 1. The van der Waals surface area contributed by atoms with Gasteiger partial charge >= 0.3 is 5.97 Å². The number of benzene rings is 1. The molecule has 2 rings (SSSR count). The first-order valence-corrected chi connectivity index (χ1v) is 7.91. The second-order valence-corrected chi connectivity index (χ2v) is 7.29. The van der Waals surface area contributed by atoms with Crippen molar-refractivity contribution in [2.24, 2.45) is 0 Å². The summed E-state index contributed by atoms with van der Waals surface area (Å²) in [5, 5.41) is 11.3. The van der Waals surface area contributed by atoms with Crippen LogP contribution in [0.4, 0.5) is 5.69 Å². The van der Waals surface area contributed by atoms with E-state index in [1.54, 1.807) is 17.4 Å². The molecule has 3 nitrogen and oxygen atoms in total. The molecule has 0 unspecified atom stereocenters. The van der Waals surface area contributed by atoms with E-state index in [1.807, 2.05) is 30.1 Å². The average molecular weight is 405 g/mol. The summed E-state index contributed by atoms with van der Waals surface area (Å²) in [5.41, 5.74) is 2.16. The number of hydrogen-bond donors (Lipinski definition) is 1. The van der Waals surface area contributed by atoms with Crippen LogP contribution in [0.3, 0.4) is 0 Å². The first-order valence-electron chi connectivity index (χ1n) is 5.44. The molecule has 2 aromatic rings. The fraction of sp³-hybridized carbons (Fsp3) is 0.154. The number of thiophene rings is 1. The van der Waals surface area contributed by atoms with Crippen molar-refractivity contribution in [1.82, 2.24) is 0 Å². The van der Waals surface area contributed by atoms with Gasteiger partial charge in [0.1, 0.15) is 0 Å². The molecule has 1 heterocycles. The second-order valence-electron chi connectivity index (χ2n) is 4.08. The van der Waals surface area contributed by atoms with Gasteiger partial charge in [0.25, 0.3) is 0 Å². The molecule has 0 amide bonds. The Morgan fingerprint density at radius 1 is 1.37 bits per heavy atom. The molecule has 0 saturated heterocycles. The topological polar surface area (TPSA) is 40.5 Å². The van der Waals surface area contributed by atoms with E-state index in [-0.39, 0.29) is 0 Å². The van der Waals surface area contributed by atoms with Crippen molar-refractivity contribution in [3.63, 3.8) is 0 Å². The Hall–Kier alpha value is -0.850. The van der Waals surface area contributed by atoms with Crippen molar-refractivity contribution in [1.29, 1.82) is 0 Å². The van der Waals surface area contributed by atoms with Crippen molar-refractivity contribution in [2.75, 3.05) is 11.9 Å². The van der Waals surface area contributed by atoms with Gasteiger partial charge in [-0.3, -0.25) is 0 Å². The fourth-order valence-corrected chi connectivity index (χ4v) is 3.36. The van der Waals surface area contributed by atoms with Crippen molar-refractivity contribution < 1.29 is 9.90 Å². The molecular weight excluding hydrogens is 394 g/mol. The second kappa shape index (κ2) is 6.07. The zero-order valence-electron chi connectivity index (χ0n) is 10.1. The maximum Gasteiger partial charge on any atom is 0.337 e. The Kier molecular flexibility index (Phi) is 4.65. The van der Waals surface area contributed by atoms with E-state index < -0.39 is 5.97 Å². The zero-order valence-corrected chi connectivity index (χ0v) is 14.0. The number of aromatic carboxylic acids is 1. The molecule has 0 fully saturated rings. The van der Waals surface area contributed by atoms with Crippen LogP contribution in [0.1, 0.15) is 15.9 Å². The van der Waals surface area contributed by atoms with Gasteiger partial charge in [-0.15, -0.1) is 11.3 Å². The lowest BCUT2D eigenvalue weighted by atomic mass is 10.1. The van der Waals surface area contributed by atoms with Crippen LogP contribution >= 0.6 is 43.2 Å². The van der Waals surface area contributed by atoms with Crippen molar-refractivity contribution in [2.45, 2.75) is 6.54 Å². The number of carboxylic acids is 1. The summed E-state index contributed by atoms with van der Waals surface area (Å²) in [6, 6.07) is 7.33. The van der Waals surface area contributed by atoms with E-state index in [0.717, 1.165) is 13.8 Å². The van der Waals surface area contributed by atoms with Crippen LogP contribution in [-0.4, -0.2) is 18.1 Å². The van der Waals surface area contributed by atoms with Gasteiger partial charge in [0.15, 0.2) is 0 Å². The maximum absolute atomic E-state index is 11.3. The highest BCUT2D eigenvalue weighted by molar-refractivity contribution is 9.11. The lowest BCUT2D eigenvalue weighted by Crippen LogP contribution is -2.19. The summed E-state index contributed by atoms with van der Waals surface area (Å²) < 4.78 is 1.84. The smallest absolute Gasteiger partial charge is 0.337 e. The SMILES string of the molecule is CN(Cc1csc(Br)c1)c1ccc(Br)cc1C(=O)O. The van der Waals surface area contributed by atoms with Gasteiger partial charge in [-0.1, -0.05) is 15.9 Å². The monoisotopic (exact) mass is 403 g/mol. The minimum absolute atomic E-state index is 0.297. The van der Waals surface area contributed by atoms with Gasteiger partial charge in [0.2, 0.25) is 0 Å². The van der Waals surface area contributed by atoms with Crippen molar-refractivity contribution in [3.05, 3.63) is 49.0 Å². The molecule has 1 N–H and O–H groups in total. The number of carbonyl (C=O) groups is 1. The molecule has 0 radical (unpaired) electrons. The highest BCUT2D eigenvalue weighted by atomic mass is 79.9. The summed E-state index contributed by atoms with van der Waals surface area (Å²) >= 11 is 8.34. The summed E-state index contributed by atoms with van der Waals surface area (Å²) in [6.45, 7) is 0.671. The third kappa shape index (κ3) is 3.58. The molecular formula is C13H11Br2NO2S. The van der Waals surface area contributed by atoms with E-state index >= 15 is 0 Å². The lowest BCUT2D eigenvalue weighted by Gasteiger charge is -2.20. The van der Waals surface area contributed by atoms with Crippen LogP contribution in [0.15, 0.2) is 37.9 Å². The molecule has 1 aromatic carbocycles.